The maximum Gasteiger partial charge on any atom is 0.345 e. The molecule has 0 unspecified atom stereocenters. The predicted octanol–water partition coefficient (Wildman–Crippen LogP) is 3.08. The van der Waals surface area contributed by atoms with E-state index >= 15 is 0 Å². The van der Waals surface area contributed by atoms with E-state index in [0.29, 0.717) is 17.8 Å². The number of H-pyrrole nitrogens is 1. The van der Waals surface area contributed by atoms with Gasteiger partial charge in [0.1, 0.15) is 23.8 Å². The molecular formula is C22H18FN3O6. The molecule has 10 heteroatoms. The number of carboxylic acid groups (broad SMARTS) is 1. The molecule has 0 amide bonds. The Morgan fingerprint density at radius 3 is 2.94 bits per heavy atom. The van der Waals surface area contributed by atoms with Crippen LogP contribution >= 0.6 is 0 Å². The Morgan fingerprint density at radius 2 is 2.19 bits per heavy atom. The molecule has 0 fully saturated rings. The van der Waals surface area contributed by atoms with Crippen molar-refractivity contribution in [1.82, 2.24) is 9.97 Å². The summed E-state index contributed by atoms with van der Waals surface area (Å²) in [5, 5.41) is 12.8. The summed E-state index contributed by atoms with van der Waals surface area (Å²) in [6, 6.07) is 7.50. The molecule has 3 aromatic rings. The minimum Gasteiger partial charge on any atom is -0.491 e. The van der Waals surface area contributed by atoms with Gasteiger partial charge in [-0.25, -0.2) is 14.2 Å². The summed E-state index contributed by atoms with van der Waals surface area (Å²) in [7, 11) is 1.52. The van der Waals surface area contributed by atoms with E-state index in [2.05, 4.69) is 15.3 Å². The zero-order chi connectivity index (χ0) is 22.7. The van der Waals surface area contributed by atoms with E-state index in [1.807, 2.05) is 0 Å². The van der Waals surface area contributed by atoms with E-state index in [-0.39, 0.29) is 29.7 Å². The Morgan fingerprint density at radius 1 is 1.34 bits per heavy atom. The Hall–Kier alpha value is -4.18. The van der Waals surface area contributed by atoms with Gasteiger partial charge in [-0.2, -0.15) is 0 Å². The molecule has 164 valence electrons. The molecule has 1 aromatic carbocycles. The van der Waals surface area contributed by atoms with Crippen LogP contribution in [-0.4, -0.2) is 47.2 Å². The summed E-state index contributed by atoms with van der Waals surface area (Å²) in [6.45, 7) is 0.584. The predicted molar refractivity (Wildman–Crippen MR) is 112 cm³/mol. The Labute approximate surface area is 181 Å². The van der Waals surface area contributed by atoms with Gasteiger partial charge in [0, 0.05) is 36.5 Å². The molecule has 0 saturated heterocycles. The van der Waals surface area contributed by atoms with Gasteiger partial charge < -0.3 is 29.6 Å². The number of ketones is 1. The van der Waals surface area contributed by atoms with Crippen molar-refractivity contribution in [2.24, 2.45) is 0 Å². The lowest BCUT2D eigenvalue weighted by Crippen LogP contribution is -2.12. The zero-order valence-electron chi connectivity index (χ0n) is 16.8. The fourth-order valence-corrected chi connectivity index (χ4v) is 3.10. The van der Waals surface area contributed by atoms with E-state index in [0.717, 1.165) is 11.5 Å². The smallest absolute Gasteiger partial charge is 0.345 e. The van der Waals surface area contributed by atoms with E-state index in [4.69, 9.17) is 14.2 Å². The van der Waals surface area contributed by atoms with Gasteiger partial charge in [-0.3, -0.25) is 4.79 Å². The SMILES string of the molecule is COCCOc1ccc(NC2=C(C(=O)O)C(=O)/C(=C/c3c[nH]c4ncccc34)O2)c(F)c1. The lowest BCUT2D eigenvalue weighted by molar-refractivity contribution is -0.134. The lowest BCUT2D eigenvalue weighted by Gasteiger charge is -2.11. The number of aromatic nitrogens is 2. The third-order valence-corrected chi connectivity index (χ3v) is 4.62. The van der Waals surface area contributed by atoms with Gasteiger partial charge >= 0.3 is 5.97 Å². The Kier molecular flexibility index (Phi) is 5.86. The number of halogens is 1. The van der Waals surface area contributed by atoms with Crippen molar-refractivity contribution in [3.63, 3.8) is 0 Å². The number of aliphatic carboxylic acids is 1. The normalized spacial score (nSPS) is 14.8. The van der Waals surface area contributed by atoms with E-state index in [1.165, 1.54) is 25.3 Å². The highest BCUT2D eigenvalue weighted by atomic mass is 19.1. The maximum absolute atomic E-state index is 14.5. The van der Waals surface area contributed by atoms with Crippen molar-refractivity contribution >= 4 is 34.5 Å². The molecular weight excluding hydrogens is 421 g/mol. The fraction of sp³-hybridized carbons (Fsp3) is 0.136. The fourth-order valence-electron chi connectivity index (χ4n) is 3.10. The number of carboxylic acids is 1. The van der Waals surface area contributed by atoms with Crippen molar-refractivity contribution in [2.45, 2.75) is 0 Å². The molecule has 0 radical (unpaired) electrons. The first kappa shape index (κ1) is 21.1. The number of anilines is 1. The van der Waals surface area contributed by atoms with Crippen molar-refractivity contribution in [1.29, 1.82) is 0 Å². The largest absolute Gasteiger partial charge is 0.491 e. The number of nitrogens with zero attached hydrogens (tertiary/aromatic N) is 1. The summed E-state index contributed by atoms with van der Waals surface area (Å²) < 4.78 is 30.2. The first-order valence-corrected chi connectivity index (χ1v) is 9.50. The average molecular weight is 439 g/mol. The number of fused-ring (bicyclic) bond motifs is 1. The molecule has 0 bridgehead atoms. The molecule has 32 heavy (non-hydrogen) atoms. The number of hydrogen-bond acceptors (Lipinski definition) is 7. The Balaban J connectivity index is 1.59. The second-order valence-corrected chi connectivity index (χ2v) is 6.70. The van der Waals surface area contributed by atoms with Gasteiger partial charge in [-0.05, 0) is 30.3 Å². The summed E-state index contributed by atoms with van der Waals surface area (Å²) in [5.74, 6) is -3.37. The summed E-state index contributed by atoms with van der Waals surface area (Å²) in [6.07, 6.45) is 4.64. The van der Waals surface area contributed by atoms with E-state index < -0.39 is 23.1 Å². The molecule has 3 N–H and O–H groups in total. The van der Waals surface area contributed by atoms with Crippen LogP contribution in [0.15, 0.2) is 59.9 Å². The van der Waals surface area contributed by atoms with Gasteiger partial charge in [0.2, 0.25) is 11.7 Å². The number of carbonyl (C=O) groups is 2. The van der Waals surface area contributed by atoms with Crippen LogP contribution in [-0.2, 0) is 19.1 Å². The average Bonchev–Trinajstić information content (AvgIpc) is 3.31. The second-order valence-electron chi connectivity index (χ2n) is 6.70. The first-order valence-electron chi connectivity index (χ1n) is 9.50. The number of pyridine rings is 1. The quantitative estimate of drug-likeness (QED) is 0.278. The zero-order valence-corrected chi connectivity index (χ0v) is 16.8. The van der Waals surface area contributed by atoms with Crippen molar-refractivity contribution in [3.8, 4) is 5.75 Å². The minimum atomic E-state index is -1.50. The van der Waals surface area contributed by atoms with Gasteiger partial charge in [-0.15, -0.1) is 0 Å². The molecule has 3 heterocycles. The first-order chi connectivity index (χ1) is 15.5. The van der Waals surface area contributed by atoms with Crippen LogP contribution in [0.4, 0.5) is 10.1 Å². The van der Waals surface area contributed by atoms with Crippen LogP contribution in [0.1, 0.15) is 5.56 Å². The number of allylic oxidation sites excluding steroid dienone is 1. The molecule has 0 atom stereocenters. The highest BCUT2D eigenvalue weighted by Crippen LogP contribution is 2.31. The number of methoxy groups -OCH3 is 1. The van der Waals surface area contributed by atoms with Crippen LogP contribution < -0.4 is 10.1 Å². The number of rotatable bonds is 8. The molecule has 2 aromatic heterocycles. The molecule has 1 aliphatic rings. The molecule has 0 aliphatic carbocycles. The molecule has 0 spiro atoms. The van der Waals surface area contributed by atoms with Gasteiger partial charge in [0.25, 0.3) is 0 Å². The number of Topliss-reactive ketones (excluding diaryl/α,β-unsaturated/α-hetero) is 1. The van der Waals surface area contributed by atoms with Crippen LogP contribution in [0.2, 0.25) is 0 Å². The number of carbonyl (C=O) groups excluding carboxylic acids is 1. The maximum atomic E-state index is 14.5. The van der Waals surface area contributed by atoms with Crippen LogP contribution in [0.5, 0.6) is 5.75 Å². The van der Waals surface area contributed by atoms with Gasteiger partial charge in [0.05, 0.1) is 12.3 Å². The summed E-state index contributed by atoms with van der Waals surface area (Å²) >= 11 is 0. The van der Waals surface area contributed by atoms with Crippen LogP contribution in [0.3, 0.4) is 0 Å². The molecule has 9 nitrogen and oxygen atoms in total. The topological polar surface area (TPSA) is 123 Å². The second kappa shape index (κ2) is 8.90. The number of aromatic amines is 1. The highest BCUT2D eigenvalue weighted by Gasteiger charge is 2.36. The molecule has 1 aliphatic heterocycles. The Bertz CT molecular complexity index is 1260. The summed E-state index contributed by atoms with van der Waals surface area (Å²) in [4.78, 5) is 31.5. The number of hydrogen-bond donors (Lipinski definition) is 3. The molecule has 0 saturated carbocycles. The monoisotopic (exact) mass is 439 g/mol. The highest BCUT2D eigenvalue weighted by molar-refractivity contribution is 6.26. The number of nitrogens with one attached hydrogen (secondary N) is 2. The lowest BCUT2D eigenvalue weighted by atomic mass is 10.1. The third-order valence-electron chi connectivity index (χ3n) is 4.62. The van der Waals surface area contributed by atoms with E-state index in [9.17, 15) is 19.1 Å². The van der Waals surface area contributed by atoms with Crippen molar-refractivity contribution in [3.05, 3.63) is 71.3 Å². The van der Waals surface area contributed by atoms with E-state index in [1.54, 1.807) is 24.5 Å². The number of benzene rings is 1. The molecule has 4 rings (SSSR count). The third kappa shape index (κ3) is 4.16. The minimum absolute atomic E-state index is 0.0804. The van der Waals surface area contributed by atoms with Crippen LogP contribution in [0.25, 0.3) is 17.1 Å². The van der Waals surface area contributed by atoms with Gasteiger partial charge in [0.15, 0.2) is 11.3 Å². The van der Waals surface area contributed by atoms with Gasteiger partial charge in [-0.1, -0.05) is 0 Å². The summed E-state index contributed by atoms with van der Waals surface area (Å²) in [5.41, 5.74) is 0.479. The van der Waals surface area contributed by atoms with Crippen molar-refractivity contribution < 1.29 is 33.3 Å². The van der Waals surface area contributed by atoms with Crippen molar-refractivity contribution in [2.75, 3.05) is 25.6 Å². The number of ether oxygens (including phenoxy) is 3. The standard InChI is InChI=1S/C22H18FN3O6/c1-30-7-8-31-13-4-5-16(15(23)10-13)26-21-18(22(28)29)19(27)17(32-21)9-12-11-25-20-14(12)3-2-6-24-20/h2-6,9-11,26H,7-8H2,1H3,(H,24,25)(H,28,29)/b17-9-. The van der Waals surface area contributed by atoms with Crippen LogP contribution in [0, 0.1) is 5.82 Å².